The van der Waals surface area contributed by atoms with Crippen LogP contribution in [0.3, 0.4) is 0 Å². The van der Waals surface area contributed by atoms with E-state index >= 15 is 0 Å². The molecule has 88 valence electrons. The quantitative estimate of drug-likeness (QED) is 0.805. The standard InChI is InChI=1S/C15H16O2/c1-11(16)3-4-12-5-6-14-10-15(17-2)8-7-13(14)9-12/h5-10,16H,1,3-4H2,2H3. The van der Waals surface area contributed by atoms with Crippen LogP contribution in [0.1, 0.15) is 12.0 Å². The number of aryl methyl sites for hydroxylation is 1. The van der Waals surface area contributed by atoms with Crippen LogP contribution in [0.2, 0.25) is 0 Å². The van der Waals surface area contributed by atoms with Crippen molar-refractivity contribution in [1.29, 1.82) is 0 Å². The second-order valence-corrected chi connectivity index (χ2v) is 4.11. The van der Waals surface area contributed by atoms with Crippen molar-refractivity contribution in [2.75, 3.05) is 7.11 Å². The summed E-state index contributed by atoms with van der Waals surface area (Å²) in [5.41, 5.74) is 1.21. The maximum atomic E-state index is 9.08. The first-order valence-electron chi connectivity index (χ1n) is 5.62. The molecule has 0 radical (unpaired) electrons. The monoisotopic (exact) mass is 228 g/mol. The molecule has 0 fully saturated rings. The Balaban J connectivity index is 2.28. The lowest BCUT2D eigenvalue weighted by molar-refractivity contribution is 0.391. The Bertz CT molecular complexity index is 544. The summed E-state index contributed by atoms with van der Waals surface area (Å²) < 4.78 is 5.19. The van der Waals surface area contributed by atoms with E-state index in [2.05, 4.69) is 24.8 Å². The number of benzene rings is 2. The molecule has 0 saturated carbocycles. The van der Waals surface area contributed by atoms with Gasteiger partial charge >= 0.3 is 0 Å². The Labute approximate surface area is 101 Å². The van der Waals surface area contributed by atoms with Crippen LogP contribution in [0.15, 0.2) is 48.7 Å². The molecule has 2 aromatic rings. The molecule has 0 heterocycles. The van der Waals surface area contributed by atoms with Crippen molar-refractivity contribution in [3.63, 3.8) is 0 Å². The Morgan fingerprint density at radius 1 is 1.18 bits per heavy atom. The molecule has 17 heavy (non-hydrogen) atoms. The zero-order chi connectivity index (χ0) is 12.3. The van der Waals surface area contributed by atoms with Crippen LogP contribution in [-0.4, -0.2) is 12.2 Å². The number of hydrogen-bond acceptors (Lipinski definition) is 2. The van der Waals surface area contributed by atoms with Crippen molar-refractivity contribution in [1.82, 2.24) is 0 Å². The molecule has 0 bridgehead atoms. The minimum Gasteiger partial charge on any atom is -0.513 e. The highest BCUT2D eigenvalue weighted by Gasteiger charge is 1.99. The van der Waals surface area contributed by atoms with E-state index < -0.39 is 0 Å². The predicted molar refractivity (Wildman–Crippen MR) is 70.6 cm³/mol. The van der Waals surface area contributed by atoms with Crippen molar-refractivity contribution >= 4 is 10.8 Å². The molecule has 0 atom stereocenters. The lowest BCUT2D eigenvalue weighted by atomic mass is 10.0. The third-order valence-corrected chi connectivity index (χ3v) is 2.81. The third-order valence-electron chi connectivity index (χ3n) is 2.81. The zero-order valence-corrected chi connectivity index (χ0v) is 9.94. The van der Waals surface area contributed by atoms with E-state index in [-0.39, 0.29) is 5.76 Å². The number of hydrogen-bond donors (Lipinski definition) is 1. The van der Waals surface area contributed by atoms with Gasteiger partial charge in [0.15, 0.2) is 0 Å². The number of fused-ring (bicyclic) bond motifs is 1. The van der Waals surface area contributed by atoms with Crippen LogP contribution in [0, 0.1) is 0 Å². The van der Waals surface area contributed by atoms with Crippen molar-refractivity contribution in [2.24, 2.45) is 0 Å². The van der Waals surface area contributed by atoms with E-state index in [1.165, 1.54) is 10.9 Å². The highest BCUT2D eigenvalue weighted by molar-refractivity contribution is 5.84. The van der Waals surface area contributed by atoms with Gasteiger partial charge in [-0.25, -0.2) is 0 Å². The lowest BCUT2D eigenvalue weighted by Gasteiger charge is -2.05. The molecule has 0 aliphatic rings. The molecular weight excluding hydrogens is 212 g/mol. The number of allylic oxidation sites excluding steroid dienone is 1. The van der Waals surface area contributed by atoms with Crippen LogP contribution in [-0.2, 0) is 6.42 Å². The Kier molecular flexibility index (Phi) is 3.33. The van der Waals surface area contributed by atoms with Crippen molar-refractivity contribution in [3.8, 4) is 5.75 Å². The summed E-state index contributed by atoms with van der Waals surface area (Å²) >= 11 is 0. The molecular formula is C15H16O2. The van der Waals surface area contributed by atoms with Gasteiger partial charge in [-0.3, -0.25) is 0 Å². The fraction of sp³-hybridized carbons (Fsp3) is 0.200. The van der Waals surface area contributed by atoms with E-state index in [4.69, 9.17) is 9.84 Å². The number of rotatable bonds is 4. The number of aliphatic hydroxyl groups is 1. The van der Waals surface area contributed by atoms with Gasteiger partial charge in [0.05, 0.1) is 12.9 Å². The molecule has 0 unspecified atom stereocenters. The molecule has 0 amide bonds. The van der Waals surface area contributed by atoms with E-state index in [1.54, 1.807) is 7.11 Å². The zero-order valence-electron chi connectivity index (χ0n) is 9.94. The van der Waals surface area contributed by atoms with Gasteiger partial charge in [-0.15, -0.1) is 0 Å². The minimum atomic E-state index is 0.236. The summed E-state index contributed by atoms with van der Waals surface area (Å²) in [7, 11) is 1.67. The fourth-order valence-electron chi connectivity index (χ4n) is 1.84. The van der Waals surface area contributed by atoms with Crippen LogP contribution in [0.25, 0.3) is 10.8 Å². The minimum absolute atomic E-state index is 0.236. The highest BCUT2D eigenvalue weighted by atomic mass is 16.5. The van der Waals surface area contributed by atoms with E-state index in [0.29, 0.717) is 6.42 Å². The van der Waals surface area contributed by atoms with Gasteiger partial charge < -0.3 is 9.84 Å². The van der Waals surface area contributed by atoms with Gasteiger partial charge in [-0.1, -0.05) is 30.8 Å². The van der Waals surface area contributed by atoms with Crippen LogP contribution in [0.5, 0.6) is 5.75 Å². The van der Waals surface area contributed by atoms with Crippen molar-refractivity contribution in [3.05, 3.63) is 54.3 Å². The first-order chi connectivity index (χ1) is 8.19. The Hall–Kier alpha value is -1.96. The van der Waals surface area contributed by atoms with E-state index in [1.807, 2.05) is 18.2 Å². The van der Waals surface area contributed by atoms with Gasteiger partial charge in [0.1, 0.15) is 5.75 Å². The fourth-order valence-corrected chi connectivity index (χ4v) is 1.84. The first kappa shape index (κ1) is 11.5. The Morgan fingerprint density at radius 3 is 2.59 bits per heavy atom. The molecule has 0 aromatic heterocycles. The van der Waals surface area contributed by atoms with Crippen molar-refractivity contribution in [2.45, 2.75) is 12.8 Å². The topological polar surface area (TPSA) is 29.5 Å². The normalized spacial score (nSPS) is 10.4. The molecule has 0 saturated heterocycles. The molecule has 2 nitrogen and oxygen atoms in total. The summed E-state index contributed by atoms with van der Waals surface area (Å²) in [6.45, 7) is 3.49. The SMILES string of the molecule is C=C(O)CCc1ccc2cc(OC)ccc2c1. The second kappa shape index (κ2) is 4.91. The molecule has 2 rings (SSSR count). The molecule has 0 aliphatic heterocycles. The average molecular weight is 228 g/mol. The maximum Gasteiger partial charge on any atom is 0.119 e. The smallest absolute Gasteiger partial charge is 0.119 e. The second-order valence-electron chi connectivity index (χ2n) is 4.11. The average Bonchev–Trinajstić information content (AvgIpc) is 2.35. The van der Waals surface area contributed by atoms with Crippen LogP contribution >= 0.6 is 0 Å². The number of ether oxygens (including phenoxy) is 1. The van der Waals surface area contributed by atoms with E-state index in [0.717, 1.165) is 17.6 Å². The highest BCUT2D eigenvalue weighted by Crippen LogP contribution is 2.22. The lowest BCUT2D eigenvalue weighted by Crippen LogP contribution is -1.88. The molecule has 2 aromatic carbocycles. The third kappa shape index (κ3) is 2.78. The van der Waals surface area contributed by atoms with Crippen molar-refractivity contribution < 1.29 is 9.84 Å². The molecule has 2 heteroatoms. The van der Waals surface area contributed by atoms with Gasteiger partial charge in [-0.2, -0.15) is 0 Å². The van der Waals surface area contributed by atoms with Crippen LogP contribution < -0.4 is 4.74 Å². The summed E-state index contributed by atoms with van der Waals surface area (Å²) in [5, 5.41) is 11.4. The number of methoxy groups -OCH3 is 1. The summed E-state index contributed by atoms with van der Waals surface area (Å²) in [5.74, 6) is 1.11. The summed E-state index contributed by atoms with van der Waals surface area (Å²) in [6.07, 6.45) is 1.43. The van der Waals surface area contributed by atoms with Gasteiger partial charge in [-0.05, 0) is 34.9 Å². The summed E-state index contributed by atoms with van der Waals surface area (Å²) in [6, 6.07) is 12.3. The van der Waals surface area contributed by atoms with Gasteiger partial charge in [0.2, 0.25) is 0 Å². The number of aliphatic hydroxyl groups excluding tert-OH is 1. The Morgan fingerprint density at radius 2 is 1.88 bits per heavy atom. The van der Waals surface area contributed by atoms with Gasteiger partial charge in [0, 0.05) is 6.42 Å². The molecule has 0 spiro atoms. The molecule has 1 N–H and O–H groups in total. The van der Waals surface area contributed by atoms with Gasteiger partial charge in [0.25, 0.3) is 0 Å². The summed E-state index contributed by atoms with van der Waals surface area (Å²) in [4.78, 5) is 0. The maximum absolute atomic E-state index is 9.08. The van der Waals surface area contributed by atoms with Crippen LogP contribution in [0.4, 0.5) is 0 Å². The molecule has 0 aliphatic carbocycles. The largest absolute Gasteiger partial charge is 0.513 e. The van der Waals surface area contributed by atoms with E-state index in [9.17, 15) is 0 Å². The predicted octanol–water partition coefficient (Wildman–Crippen LogP) is 3.85. The first-order valence-corrected chi connectivity index (χ1v) is 5.62.